The van der Waals surface area contributed by atoms with E-state index < -0.39 is 5.91 Å². The van der Waals surface area contributed by atoms with Gasteiger partial charge in [-0.15, -0.1) is 11.3 Å². The smallest absolute Gasteiger partial charge is 0.267 e. The minimum Gasteiger partial charge on any atom is -0.287 e. The van der Waals surface area contributed by atoms with Crippen molar-refractivity contribution in [3.63, 3.8) is 0 Å². The number of fused-ring (bicyclic) bond motifs is 1. The molecule has 0 atom stereocenters. The molecule has 7 heteroatoms. The van der Waals surface area contributed by atoms with E-state index in [4.69, 9.17) is 5.53 Å². The van der Waals surface area contributed by atoms with Crippen molar-refractivity contribution >= 4 is 22.2 Å². The highest BCUT2D eigenvalue weighted by molar-refractivity contribution is 7.15. The van der Waals surface area contributed by atoms with Crippen LogP contribution in [0.1, 0.15) is 16.2 Å². The van der Waals surface area contributed by atoms with Crippen molar-refractivity contribution in [1.82, 2.24) is 9.38 Å². The molecule has 2 aromatic heterocycles. The number of hydrogen-bond donors (Lipinski definition) is 0. The molecular weight excluding hydrogens is 202 g/mol. The van der Waals surface area contributed by atoms with Gasteiger partial charge in [-0.25, -0.2) is 4.98 Å². The Morgan fingerprint density at radius 1 is 1.79 bits per heavy atom. The lowest BCUT2D eigenvalue weighted by Crippen LogP contribution is -1.99. The molecule has 0 unspecified atom stereocenters. The zero-order chi connectivity index (χ0) is 10.1. The standard InChI is InChI=1S/C7H5N5OS/c1-4-5(6(13)10-11-8)12-2-3-14-7(12)9-4/h2-3H,1H3. The highest BCUT2D eigenvalue weighted by atomic mass is 32.1. The Morgan fingerprint density at radius 2 is 2.57 bits per heavy atom. The maximum absolute atomic E-state index is 11.4. The lowest BCUT2D eigenvalue weighted by Gasteiger charge is -1.92. The van der Waals surface area contributed by atoms with Crippen LogP contribution in [-0.2, 0) is 0 Å². The topological polar surface area (TPSA) is 83.1 Å². The van der Waals surface area contributed by atoms with Crippen LogP contribution in [0.15, 0.2) is 16.7 Å². The molecule has 0 N–H and O–H groups in total. The second kappa shape index (κ2) is 3.13. The highest BCUT2D eigenvalue weighted by Gasteiger charge is 2.15. The Kier molecular flexibility index (Phi) is 1.95. The summed E-state index contributed by atoms with van der Waals surface area (Å²) in [6.07, 6.45) is 1.72. The number of carbonyl (C=O) groups excluding carboxylic acids is 1. The first-order chi connectivity index (χ1) is 6.74. The summed E-state index contributed by atoms with van der Waals surface area (Å²) in [5.41, 5.74) is 9.07. The van der Waals surface area contributed by atoms with Gasteiger partial charge in [-0.05, 0) is 17.6 Å². The van der Waals surface area contributed by atoms with Crippen LogP contribution in [0.4, 0.5) is 0 Å². The number of carbonyl (C=O) groups is 1. The Labute approximate surface area is 82.4 Å². The van der Waals surface area contributed by atoms with Crippen molar-refractivity contribution in [3.05, 3.63) is 33.4 Å². The molecule has 2 aromatic rings. The predicted octanol–water partition coefficient (Wildman–Crippen LogP) is 2.15. The van der Waals surface area contributed by atoms with Gasteiger partial charge in [0, 0.05) is 16.5 Å². The van der Waals surface area contributed by atoms with Crippen LogP contribution in [0.3, 0.4) is 0 Å². The summed E-state index contributed by atoms with van der Waals surface area (Å²) in [7, 11) is 0. The van der Waals surface area contributed by atoms with Crippen molar-refractivity contribution in [3.8, 4) is 0 Å². The number of thiazole rings is 1. The first-order valence-electron chi connectivity index (χ1n) is 3.75. The molecule has 0 aliphatic heterocycles. The van der Waals surface area contributed by atoms with E-state index >= 15 is 0 Å². The van der Waals surface area contributed by atoms with E-state index in [1.165, 1.54) is 11.3 Å². The Morgan fingerprint density at radius 3 is 3.29 bits per heavy atom. The molecule has 0 spiro atoms. The molecule has 0 saturated carbocycles. The number of hydrogen-bond acceptors (Lipinski definition) is 3. The van der Waals surface area contributed by atoms with Gasteiger partial charge in [0.05, 0.1) is 5.69 Å². The van der Waals surface area contributed by atoms with Crippen molar-refractivity contribution in [2.24, 2.45) is 5.11 Å². The summed E-state index contributed by atoms with van der Waals surface area (Å²) in [5.74, 6) is -0.601. The molecule has 0 aliphatic rings. The quantitative estimate of drug-likeness (QED) is 0.407. The summed E-state index contributed by atoms with van der Waals surface area (Å²) in [6, 6.07) is 0. The van der Waals surface area contributed by atoms with Gasteiger partial charge >= 0.3 is 0 Å². The molecule has 0 saturated heterocycles. The van der Waals surface area contributed by atoms with Gasteiger partial charge in [-0.1, -0.05) is 0 Å². The molecule has 0 aliphatic carbocycles. The summed E-state index contributed by atoms with van der Waals surface area (Å²) in [5, 5.41) is 4.86. The minimum absolute atomic E-state index is 0.332. The number of rotatable bonds is 1. The van der Waals surface area contributed by atoms with Crippen molar-refractivity contribution < 1.29 is 4.79 Å². The van der Waals surface area contributed by atoms with Crippen LogP contribution in [0.2, 0.25) is 0 Å². The maximum Gasteiger partial charge on any atom is 0.267 e. The van der Waals surface area contributed by atoms with E-state index in [2.05, 4.69) is 15.0 Å². The van der Waals surface area contributed by atoms with Gasteiger partial charge in [0.15, 0.2) is 4.96 Å². The van der Waals surface area contributed by atoms with Crippen LogP contribution >= 0.6 is 11.3 Å². The zero-order valence-electron chi connectivity index (χ0n) is 7.21. The zero-order valence-corrected chi connectivity index (χ0v) is 8.02. The number of imidazole rings is 1. The number of amides is 1. The predicted molar refractivity (Wildman–Crippen MR) is 51.3 cm³/mol. The molecule has 0 radical (unpaired) electrons. The summed E-state index contributed by atoms with van der Waals surface area (Å²) < 4.78 is 1.62. The fourth-order valence-electron chi connectivity index (χ4n) is 1.24. The van der Waals surface area contributed by atoms with Crippen LogP contribution in [0, 0.1) is 6.92 Å². The van der Waals surface area contributed by atoms with E-state index in [1.807, 2.05) is 5.38 Å². The third-order valence-electron chi connectivity index (χ3n) is 1.77. The summed E-state index contributed by atoms with van der Waals surface area (Å²) in [4.78, 5) is 18.7. The molecule has 0 bridgehead atoms. The van der Waals surface area contributed by atoms with Gasteiger partial charge in [0.25, 0.3) is 5.91 Å². The van der Waals surface area contributed by atoms with Crippen LogP contribution in [-0.4, -0.2) is 15.3 Å². The molecule has 70 valence electrons. The van der Waals surface area contributed by atoms with Gasteiger partial charge < -0.3 is 0 Å². The average Bonchev–Trinajstić information content (AvgIpc) is 2.63. The third-order valence-corrected chi connectivity index (χ3v) is 2.53. The van der Waals surface area contributed by atoms with E-state index in [9.17, 15) is 4.79 Å². The second-order valence-corrected chi connectivity index (χ2v) is 3.47. The largest absolute Gasteiger partial charge is 0.287 e. The lowest BCUT2D eigenvalue weighted by molar-refractivity contribution is 0.0994. The minimum atomic E-state index is -0.601. The SMILES string of the molecule is Cc1nc2sccn2c1C(=O)N=[N+]=[N-]. The van der Waals surface area contributed by atoms with Gasteiger partial charge in [0.2, 0.25) is 0 Å². The van der Waals surface area contributed by atoms with Gasteiger partial charge in [0.1, 0.15) is 5.69 Å². The third kappa shape index (κ3) is 1.15. The van der Waals surface area contributed by atoms with Crippen LogP contribution < -0.4 is 0 Å². The normalized spacial score (nSPS) is 10.1. The monoisotopic (exact) mass is 207 g/mol. The molecule has 6 nitrogen and oxygen atoms in total. The van der Waals surface area contributed by atoms with E-state index in [1.54, 1.807) is 17.5 Å². The van der Waals surface area contributed by atoms with Crippen molar-refractivity contribution in [2.75, 3.05) is 0 Å². The van der Waals surface area contributed by atoms with Gasteiger partial charge in [-0.2, -0.15) is 0 Å². The molecule has 2 rings (SSSR count). The number of aryl methyl sites for hydroxylation is 1. The molecule has 0 fully saturated rings. The van der Waals surface area contributed by atoms with Gasteiger partial charge in [-0.3, -0.25) is 9.20 Å². The van der Waals surface area contributed by atoms with E-state index in [-0.39, 0.29) is 0 Å². The molecule has 1 amide bonds. The van der Waals surface area contributed by atoms with Crippen molar-refractivity contribution in [1.29, 1.82) is 0 Å². The lowest BCUT2D eigenvalue weighted by atomic mass is 10.3. The molecule has 0 aromatic carbocycles. The Hall–Kier alpha value is -1.85. The fourth-order valence-corrected chi connectivity index (χ4v) is 2.00. The van der Waals surface area contributed by atoms with E-state index in [0.717, 1.165) is 4.96 Å². The van der Waals surface area contributed by atoms with Crippen LogP contribution in [0.5, 0.6) is 0 Å². The Bertz CT molecular complexity index is 547. The molecule has 14 heavy (non-hydrogen) atoms. The number of nitrogens with zero attached hydrogens (tertiary/aromatic N) is 5. The fraction of sp³-hybridized carbons (Fsp3) is 0.143. The van der Waals surface area contributed by atoms with Crippen LogP contribution in [0.25, 0.3) is 15.4 Å². The number of aromatic nitrogens is 2. The average molecular weight is 207 g/mol. The first kappa shape index (κ1) is 8.74. The van der Waals surface area contributed by atoms with E-state index in [0.29, 0.717) is 11.4 Å². The molecular formula is C7H5N5OS. The maximum atomic E-state index is 11.4. The highest BCUT2D eigenvalue weighted by Crippen LogP contribution is 2.17. The first-order valence-corrected chi connectivity index (χ1v) is 4.63. The molecule has 2 heterocycles. The Balaban J connectivity index is 2.70. The number of azide groups is 1. The second-order valence-electron chi connectivity index (χ2n) is 2.60. The van der Waals surface area contributed by atoms with Crippen molar-refractivity contribution in [2.45, 2.75) is 6.92 Å². The summed E-state index contributed by atoms with van der Waals surface area (Å²) in [6.45, 7) is 1.71. The summed E-state index contributed by atoms with van der Waals surface area (Å²) >= 11 is 1.42.